The van der Waals surface area contributed by atoms with Crippen LogP contribution in [0, 0.1) is 12.8 Å². The van der Waals surface area contributed by atoms with Gasteiger partial charge in [0.15, 0.2) is 0 Å². The van der Waals surface area contributed by atoms with Crippen molar-refractivity contribution in [1.29, 1.82) is 0 Å². The fourth-order valence-electron chi connectivity index (χ4n) is 3.86. The molecule has 4 rings (SSSR count). The lowest BCUT2D eigenvalue weighted by molar-refractivity contribution is 0.0526. The minimum Gasteiger partial charge on any atom is -0.462 e. The van der Waals surface area contributed by atoms with Gasteiger partial charge < -0.3 is 14.6 Å². The molecule has 2 heterocycles. The number of esters is 1. The predicted octanol–water partition coefficient (Wildman–Crippen LogP) is 5.27. The number of anilines is 1. The lowest BCUT2D eigenvalue weighted by Gasteiger charge is -2.18. The smallest absolute Gasteiger partial charge is 0.341 e. The van der Waals surface area contributed by atoms with Crippen molar-refractivity contribution < 1.29 is 18.8 Å². The maximum Gasteiger partial charge on any atom is 0.341 e. The second-order valence-corrected chi connectivity index (χ2v) is 8.66. The summed E-state index contributed by atoms with van der Waals surface area (Å²) in [4.78, 5) is 27.1. The van der Waals surface area contributed by atoms with Gasteiger partial charge in [0.1, 0.15) is 22.0 Å². The Kier molecular flexibility index (Phi) is 5.72. The number of ether oxygens (including phenoxy) is 1. The van der Waals surface area contributed by atoms with Crippen molar-refractivity contribution in [2.45, 2.75) is 40.0 Å². The number of nitrogens with zero attached hydrogens (tertiary/aromatic N) is 1. The molecule has 1 aliphatic rings. The zero-order chi connectivity index (χ0) is 21.3. The lowest BCUT2D eigenvalue weighted by atomic mass is 9.88. The van der Waals surface area contributed by atoms with Crippen molar-refractivity contribution in [3.05, 3.63) is 57.7 Å². The van der Waals surface area contributed by atoms with Crippen molar-refractivity contribution >= 4 is 28.2 Å². The zero-order valence-electron chi connectivity index (χ0n) is 17.3. The van der Waals surface area contributed by atoms with Crippen LogP contribution in [0.1, 0.15) is 57.2 Å². The highest BCUT2D eigenvalue weighted by Gasteiger charge is 2.30. The molecule has 1 N–H and O–H groups in total. The van der Waals surface area contributed by atoms with E-state index in [1.807, 2.05) is 30.3 Å². The summed E-state index contributed by atoms with van der Waals surface area (Å²) >= 11 is 1.47. The van der Waals surface area contributed by atoms with Crippen LogP contribution in [0.5, 0.6) is 0 Å². The Hall–Kier alpha value is -2.93. The summed E-state index contributed by atoms with van der Waals surface area (Å²) in [6, 6.07) is 9.43. The van der Waals surface area contributed by atoms with E-state index in [1.54, 1.807) is 13.8 Å². The summed E-state index contributed by atoms with van der Waals surface area (Å²) in [5.74, 6) is 0.258. The topological polar surface area (TPSA) is 81.4 Å². The van der Waals surface area contributed by atoms with Crippen LogP contribution in [-0.4, -0.2) is 23.6 Å². The Morgan fingerprint density at radius 3 is 2.77 bits per heavy atom. The van der Waals surface area contributed by atoms with Crippen LogP contribution >= 0.6 is 11.3 Å². The van der Waals surface area contributed by atoms with Gasteiger partial charge in [-0.1, -0.05) is 42.4 Å². The summed E-state index contributed by atoms with van der Waals surface area (Å²) in [6.45, 7) is 5.99. The van der Waals surface area contributed by atoms with Crippen molar-refractivity contribution in [3.63, 3.8) is 0 Å². The number of rotatable bonds is 5. The van der Waals surface area contributed by atoms with Crippen molar-refractivity contribution in [2.75, 3.05) is 11.9 Å². The zero-order valence-corrected chi connectivity index (χ0v) is 18.1. The van der Waals surface area contributed by atoms with Crippen molar-refractivity contribution in [2.24, 2.45) is 5.92 Å². The summed E-state index contributed by atoms with van der Waals surface area (Å²) in [5, 5.41) is 7.58. The van der Waals surface area contributed by atoms with Gasteiger partial charge in [-0.05, 0) is 44.6 Å². The third kappa shape index (κ3) is 3.77. The third-order valence-corrected chi connectivity index (χ3v) is 6.53. The molecule has 0 saturated carbocycles. The van der Waals surface area contributed by atoms with Crippen LogP contribution in [0.3, 0.4) is 0 Å². The number of nitrogens with one attached hydrogen (secondary N) is 1. The van der Waals surface area contributed by atoms with E-state index >= 15 is 0 Å². The van der Waals surface area contributed by atoms with Crippen LogP contribution in [0.15, 0.2) is 34.9 Å². The second-order valence-electron chi connectivity index (χ2n) is 7.56. The van der Waals surface area contributed by atoms with E-state index in [2.05, 4.69) is 17.4 Å². The molecular formula is C23H24N2O4S. The number of thiophene rings is 1. The Balaban J connectivity index is 1.71. The molecule has 1 aromatic carbocycles. The summed E-state index contributed by atoms with van der Waals surface area (Å²) in [6.07, 6.45) is 2.74. The molecule has 1 atom stereocenters. The number of carbonyl (C=O) groups is 2. The van der Waals surface area contributed by atoms with E-state index in [-0.39, 0.29) is 18.5 Å². The van der Waals surface area contributed by atoms with E-state index < -0.39 is 0 Å². The highest BCUT2D eigenvalue weighted by Crippen LogP contribution is 2.40. The number of aryl methyl sites for hydroxylation is 1. The molecule has 1 aliphatic carbocycles. The molecule has 30 heavy (non-hydrogen) atoms. The van der Waals surface area contributed by atoms with Crippen molar-refractivity contribution in [3.8, 4) is 11.3 Å². The minimum atomic E-state index is -0.384. The Bertz CT molecular complexity index is 1080. The van der Waals surface area contributed by atoms with Gasteiger partial charge in [-0.3, -0.25) is 4.79 Å². The first-order valence-electron chi connectivity index (χ1n) is 10.1. The van der Waals surface area contributed by atoms with Gasteiger partial charge >= 0.3 is 5.97 Å². The molecule has 1 amide bonds. The fourth-order valence-corrected chi connectivity index (χ4v) is 5.25. The largest absolute Gasteiger partial charge is 0.462 e. The first kappa shape index (κ1) is 20.3. The SMILES string of the molecule is CCOC(=O)c1c(NC(=O)c2c(-c3ccccc3)noc2C)sc2c1CC[C@H](C)C2. The number of amides is 1. The Morgan fingerprint density at radius 2 is 2.03 bits per heavy atom. The molecule has 0 bridgehead atoms. The van der Waals surface area contributed by atoms with Gasteiger partial charge in [0.25, 0.3) is 5.91 Å². The maximum absolute atomic E-state index is 13.2. The van der Waals surface area contributed by atoms with Gasteiger partial charge in [0, 0.05) is 10.4 Å². The number of hydrogen-bond donors (Lipinski definition) is 1. The first-order valence-corrected chi connectivity index (χ1v) is 11.0. The normalized spacial score (nSPS) is 15.5. The standard InChI is InChI=1S/C23H24N2O4S/c1-4-28-23(27)19-16-11-10-13(2)12-17(16)30-22(19)24-21(26)18-14(3)29-25-20(18)15-8-6-5-7-9-15/h5-9,13H,4,10-12H2,1-3H3,(H,24,26)/t13-/m0/s1. The molecule has 3 aromatic rings. The van der Waals surface area contributed by atoms with Crippen LogP contribution in [0.4, 0.5) is 5.00 Å². The molecule has 6 nitrogen and oxygen atoms in total. The average Bonchev–Trinajstić information content (AvgIpc) is 3.28. The molecule has 0 spiro atoms. The predicted molar refractivity (Wildman–Crippen MR) is 116 cm³/mol. The van der Waals surface area contributed by atoms with Gasteiger partial charge in [-0.15, -0.1) is 11.3 Å². The van der Waals surface area contributed by atoms with E-state index in [0.717, 1.165) is 35.3 Å². The molecule has 156 valence electrons. The van der Waals surface area contributed by atoms with Gasteiger partial charge in [0.05, 0.1) is 12.2 Å². The molecule has 0 radical (unpaired) electrons. The third-order valence-electron chi connectivity index (χ3n) is 5.36. The molecular weight excluding hydrogens is 400 g/mol. The van der Waals surface area contributed by atoms with Gasteiger partial charge in [-0.25, -0.2) is 4.79 Å². The van der Waals surface area contributed by atoms with Gasteiger partial charge in [0.2, 0.25) is 0 Å². The quantitative estimate of drug-likeness (QED) is 0.565. The second kappa shape index (κ2) is 8.44. The summed E-state index contributed by atoms with van der Waals surface area (Å²) in [7, 11) is 0. The summed E-state index contributed by atoms with van der Waals surface area (Å²) < 4.78 is 10.6. The van der Waals surface area contributed by atoms with E-state index in [9.17, 15) is 9.59 Å². The van der Waals surface area contributed by atoms with Crippen LogP contribution in [-0.2, 0) is 17.6 Å². The van der Waals surface area contributed by atoms with E-state index in [1.165, 1.54) is 11.3 Å². The molecule has 0 unspecified atom stereocenters. The summed E-state index contributed by atoms with van der Waals surface area (Å²) in [5.41, 5.74) is 3.16. The number of aromatic nitrogens is 1. The number of hydrogen-bond acceptors (Lipinski definition) is 6. The molecule has 0 saturated heterocycles. The first-order chi connectivity index (χ1) is 14.5. The Labute approximate surface area is 179 Å². The fraction of sp³-hybridized carbons (Fsp3) is 0.348. The molecule has 7 heteroatoms. The highest BCUT2D eigenvalue weighted by molar-refractivity contribution is 7.17. The average molecular weight is 425 g/mol. The monoisotopic (exact) mass is 424 g/mol. The van der Waals surface area contributed by atoms with Crippen molar-refractivity contribution in [1.82, 2.24) is 5.16 Å². The van der Waals surface area contributed by atoms with E-state index in [0.29, 0.717) is 33.5 Å². The lowest BCUT2D eigenvalue weighted by Crippen LogP contribution is -2.17. The van der Waals surface area contributed by atoms with Gasteiger partial charge in [-0.2, -0.15) is 0 Å². The number of benzene rings is 1. The van der Waals surface area contributed by atoms with Crippen LogP contribution in [0.25, 0.3) is 11.3 Å². The maximum atomic E-state index is 13.2. The molecule has 0 fully saturated rings. The highest BCUT2D eigenvalue weighted by atomic mass is 32.1. The van der Waals surface area contributed by atoms with Crippen LogP contribution in [0.2, 0.25) is 0 Å². The van der Waals surface area contributed by atoms with E-state index in [4.69, 9.17) is 9.26 Å². The van der Waals surface area contributed by atoms with Crippen LogP contribution < -0.4 is 5.32 Å². The molecule has 2 aromatic heterocycles. The number of fused-ring (bicyclic) bond motifs is 1. The number of carbonyl (C=O) groups excluding carboxylic acids is 2. The minimum absolute atomic E-state index is 0.288. The Morgan fingerprint density at radius 1 is 1.27 bits per heavy atom. The molecule has 0 aliphatic heterocycles.